The topological polar surface area (TPSA) is 125 Å². The number of ketones is 4. The smallest absolute Gasteiger partial charge is 0.197 e. The van der Waals surface area contributed by atoms with Crippen molar-refractivity contribution in [2.45, 2.75) is 6.54 Å². The Balaban J connectivity index is 1.42. The van der Waals surface area contributed by atoms with Gasteiger partial charge in [-0.15, -0.1) is 0 Å². The number of para-hydroxylation sites is 1. The summed E-state index contributed by atoms with van der Waals surface area (Å²) >= 11 is 0. The lowest BCUT2D eigenvalue weighted by Gasteiger charge is -2.26. The zero-order valence-electron chi connectivity index (χ0n) is 23.9. The van der Waals surface area contributed by atoms with Crippen LogP contribution in [0.2, 0.25) is 0 Å². The van der Waals surface area contributed by atoms with E-state index in [1.165, 1.54) is 0 Å². The molecule has 8 rings (SSSR count). The molecule has 8 nitrogen and oxygen atoms in total. The maximum Gasteiger partial charge on any atom is 0.197 e. The van der Waals surface area contributed by atoms with E-state index in [9.17, 15) is 24.0 Å². The van der Waals surface area contributed by atoms with Gasteiger partial charge in [0.2, 0.25) is 0 Å². The maximum absolute atomic E-state index is 14.2. The van der Waals surface area contributed by atoms with Crippen molar-refractivity contribution < 1.29 is 19.2 Å². The summed E-state index contributed by atoms with van der Waals surface area (Å²) in [5, 5.41) is 6.94. The molecule has 0 fully saturated rings. The highest BCUT2D eigenvalue weighted by Crippen LogP contribution is 2.40. The molecule has 1 heterocycles. The first-order chi connectivity index (χ1) is 21.9. The number of carbonyl (C=O) groups excluding carboxylic acids is 4. The van der Waals surface area contributed by atoms with Crippen LogP contribution in [0.4, 0.5) is 11.4 Å². The van der Waals surface area contributed by atoms with Gasteiger partial charge >= 0.3 is 0 Å². The molecular weight excluding hydrogens is 566 g/mol. The summed E-state index contributed by atoms with van der Waals surface area (Å²) in [6.45, 7) is 0.349. The molecule has 0 amide bonds. The molecule has 1 aromatic heterocycles. The molecule has 0 saturated carbocycles. The molecule has 5 aromatic carbocycles. The van der Waals surface area contributed by atoms with Gasteiger partial charge in [-0.05, 0) is 36.9 Å². The van der Waals surface area contributed by atoms with Crippen molar-refractivity contribution in [2.75, 3.05) is 12.4 Å². The number of carbonyl (C=O) groups is 4. The third-order valence-corrected chi connectivity index (χ3v) is 8.67. The summed E-state index contributed by atoms with van der Waals surface area (Å²) < 4.78 is 0. The normalized spacial score (nSPS) is 13.4. The number of pyridine rings is 1. The van der Waals surface area contributed by atoms with Crippen molar-refractivity contribution in [2.24, 2.45) is 0 Å². The van der Waals surface area contributed by atoms with E-state index in [2.05, 4.69) is 15.6 Å². The van der Waals surface area contributed by atoms with E-state index >= 15 is 0 Å². The average molecular weight is 590 g/mol. The Bertz CT molecular complexity index is 2420. The van der Waals surface area contributed by atoms with Gasteiger partial charge in [0, 0.05) is 50.7 Å². The van der Waals surface area contributed by atoms with Crippen LogP contribution in [-0.2, 0) is 6.54 Å². The molecule has 2 aliphatic rings. The van der Waals surface area contributed by atoms with Gasteiger partial charge in [0.05, 0.1) is 33.6 Å². The van der Waals surface area contributed by atoms with Crippen LogP contribution in [0.1, 0.15) is 69.2 Å². The van der Waals surface area contributed by atoms with Gasteiger partial charge in [0.25, 0.3) is 0 Å². The van der Waals surface area contributed by atoms with Crippen LogP contribution in [0.5, 0.6) is 0 Å². The van der Waals surface area contributed by atoms with Crippen molar-refractivity contribution in [3.63, 3.8) is 0 Å². The van der Waals surface area contributed by atoms with Gasteiger partial charge in [-0.2, -0.15) is 0 Å². The number of nitrogens with one attached hydrogen (secondary N) is 3. The molecular formula is C37H23N3O5. The van der Waals surface area contributed by atoms with Crippen LogP contribution >= 0.6 is 0 Å². The predicted octanol–water partition coefficient (Wildman–Crippen LogP) is 5.70. The van der Waals surface area contributed by atoms with Gasteiger partial charge in [-0.25, -0.2) is 0 Å². The third-order valence-electron chi connectivity index (χ3n) is 8.67. The number of H-pyrrole nitrogens is 1. The van der Waals surface area contributed by atoms with Crippen LogP contribution in [0, 0.1) is 0 Å². The van der Waals surface area contributed by atoms with Crippen molar-refractivity contribution in [3.05, 3.63) is 151 Å². The van der Waals surface area contributed by atoms with Gasteiger partial charge in [-0.3, -0.25) is 24.0 Å². The molecule has 0 atom stereocenters. The second-order valence-corrected chi connectivity index (χ2v) is 11.2. The standard InChI is InChI=1S/C37H23N3O5/c1-38-17-18-14-15-26(29-28(18)34(42)19-8-2-3-9-20(19)35(29)43)39-27-16-24-32(40-25-13-7-6-12-23(25)33(24)41)31-30(27)36(44)21-10-4-5-11-22(21)37(31)45/h2-16,38-39H,17H2,1H3,(H,40,41). The first kappa shape index (κ1) is 26.6. The zero-order valence-corrected chi connectivity index (χ0v) is 23.9. The SMILES string of the molecule is CNCc1ccc(Nc2cc3c(=O)c4ccccc4[nH]c3c3c2C(=O)c2ccccc2C3=O)c2c1C(=O)c1ccccc1C2=O. The molecule has 0 radical (unpaired) electrons. The van der Waals surface area contributed by atoms with Gasteiger partial charge < -0.3 is 15.6 Å². The molecule has 0 spiro atoms. The highest BCUT2D eigenvalue weighted by atomic mass is 16.1. The lowest BCUT2D eigenvalue weighted by molar-refractivity contribution is 0.0978. The van der Waals surface area contributed by atoms with E-state index in [4.69, 9.17) is 0 Å². The van der Waals surface area contributed by atoms with Crippen molar-refractivity contribution in [3.8, 4) is 0 Å². The minimum atomic E-state index is -0.397. The van der Waals surface area contributed by atoms with E-state index in [0.29, 0.717) is 28.6 Å². The Morgan fingerprint density at radius 3 is 1.71 bits per heavy atom. The van der Waals surface area contributed by atoms with Gasteiger partial charge in [0.15, 0.2) is 28.6 Å². The fraction of sp³-hybridized carbons (Fsp3) is 0.0541. The first-order valence-corrected chi connectivity index (χ1v) is 14.4. The van der Waals surface area contributed by atoms with E-state index in [-0.39, 0.29) is 78.2 Å². The highest BCUT2D eigenvalue weighted by molar-refractivity contribution is 6.34. The number of aromatic amines is 1. The Morgan fingerprint density at radius 2 is 1.09 bits per heavy atom. The lowest BCUT2D eigenvalue weighted by atomic mass is 9.80. The molecule has 0 bridgehead atoms. The molecule has 45 heavy (non-hydrogen) atoms. The summed E-state index contributed by atoms with van der Waals surface area (Å²) in [7, 11) is 1.75. The van der Waals surface area contributed by atoms with Crippen molar-refractivity contribution in [1.29, 1.82) is 0 Å². The Hall–Kier alpha value is -5.99. The number of anilines is 2. The quantitative estimate of drug-likeness (QED) is 0.225. The lowest BCUT2D eigenvalue weighted by Crippen LogP contribution is -2.26. The molecule has 0 aliphatic heterocycles. The third kappa shape index (κ3) is 3.73. The second-order valence-electron chi connectivity index (χ2n) is 11.2. The predicted molar refractivity (Wildman–Crippen MR) is 171 cm³/mol. The van der Waals surface area contributed by atoms with Crippen LogP contribution in [0.25, 0.3) is 21.8 Å². The van der Waals surface area contributed by atoms with Gasteiger partial charge in [-0.1, -0.05) is 66.7 Å². The fourth-order valence-electron chi connectivity index (χ4n) is 6.65. The zero-order chi connectivity index (χ0) is 31.0. The molecule has 2 aliphatic carbocycles. The van der Waals surface area contributed by atoms with Crippen molar-refractivity contribution >= 4 is 56.3 Å². The number of hydrogen-bond donors (Lipinski definition) is 3. The molecule has 0 unspecified atom stereocenters. The second kappa shape index (κ2) is 9.77. The number of aromatic nitrogens is 1. The minimum absolute atomic E-state index is 0.0787. The van der Waals surface area contributed by atoms with Crippen LogP contribution < -0.4 is 16.1 Å². The van der Waals surface area contributed by atoms with E-state index in [0.717, 1.165) is 0 Å². The largest absolute Gasteiger partial charge is 0.354 e. The summed E-state index contributed by atoms with van der Waals surface area (Å²) in [5.74, 6) is -1.41. The Kier molecular flexibility index (Phi) is 5.78. The number of rotatable bonds is 4. The summed E-state index contributed by atoms with van der Waals surface area (Å²) in [6, 6.07) is 25.2. The molecule has 216 valence electrons. The van der Waals surface area contributed by atoms with Crippen molar-refractivity contribution in [1.82, 2.24) is 10.3 Å². The number of hydrogen-bond acceptors (Lipinski definition) is 7. The number of fused-ring (bicyclic) bond motifs is 7. The van der Waals surface area contributed by atoms with E-state index in [1.807, 2.05) is 0 Å². The summed E-state index contributed by atoms with van der Waals surface area (Å²) in [5.41, 5.74) is 3.30. The first-order valence-electron chi connectivity index (χ1n) is 14.4. The monoisotopic (exact) mass is 589 g/mol. The highest BCUT2D eigenvalue weighted by Gasteiger charge is 2.37. The van der Waals surface area contributed by atoms with Crippen LogP contribution in [0.15, 0.2) is 95.8 Å². The molecule has 0 saturated heterocycles. The van der Waals surface area contributed by atoms with Gasteiger partial charge in [0.1, 0.15) is 0 Å². The van der Waals surface area contributed by atoms with E-state index in [1.54, 1.807) is 98.0 Å². The van der Waals surface area contributed by atoms with Crippen LogP contribution in [-0.4, -0.2) is 35.2 Å². The van der Waals surface area contributed by atoms with E-state index < -0.39 is 11.6 Å². The Morgan fingerprint density at radius 1 is 0.556 bits per heavy atom. The summed E-state index contributed by atoms with van der Waals surface area (Å²) in [4.78, 5) is 73.2. The van der Waals surface area contributed by atoms with Crippen LogP contribution in [0.3, 0.4) is 0 Å². The molecule has 3 N–H and O–H groups in total. The summed E-state index contributed by atoms with van der Waals surface area (Å²) in [6.07, 6.45) is 0. The molecule has 8 heteroatoms. The molecule has 6 aromatic rings. The fourth-order valence-corrected chi connectivity index (χ4v) is 6.65. The number of benzene rings is 5. The Labute approximate surface area is 255 Å². The minimum Gasteiger partial charge on any atom is -0.354 e. The maximum atomic E-state index is 14.2. The average Bonchev–Trinajstić information content (AvgIpc) is 3.06.